The van der Waals surface area contributed by atoms with Gasteiger partial charge in [-0.05, 0) is 69.6 Å². The van der Waals surface area contributed by atoms with Gasteiger partial charge in [-0.25, -0.2) is 4.79 Å². The van der Waals surface area contributed by atoms with E-state index in [1.54, 1.807) is 6.08 Å². The van der Waals surface area contributed by atoms with Crippen molar-refractivity contribution in [2.75, 3.05) is 20.3 Å². The van der Waals surface area contributed by atoms with E-state index in [0.717, 1.165) is 0 Å². The fraction of sp³-hybridized carbons (Fsp3) is 0.875. The number of allylic oxidation sites excluding steroid dienone is 1. The zero-order chi connectivity index (χ0) is 44.1. The predicted octanol–water partition coefficient (Wildman–Crippen LogP) is -2.86. The van der Waals surface area contributed by atoms with Gasteiger partial charge in [0.15, 0.2) is 12.6 Å². The SMILES string of the molecule is COC1CC(C=CC(=O)OCC2OC(OC3CC4C(OC5OC(COC(=O)CC(=O)O)C(O)C(O)C5O)CC(O)CC4OC3C3CCC(O)CC3)C(O)C(O)C2O)CCC1O. The number of ether oxygens (including phenoxy) is 8. The van der Waals surface area contributed by atoms with E-state index in [4.69, 9.17) is 43.0 Å². The molecule has 0 aromatic carbocycles. The van der Waals surface area contributed by atoms with Crippen molar-refractivity contribution in [1.82, 2.24) is 0 Å². The number of hydrogen-bond donors (Lipinski definition) is 10. The molecule has 3 aliphatic heterocycles. The summed E-state index contributed by atoms with van der Waals surface area (Å²) in [6.45, 7) is -1.18. The van der Waals surface area contributed by atoms with Crippen LogP contribution in [0.5, 0.6) is 0 Å². The molecule has 3 saturated carbocycles. The van der Waals surface area contributed by atoms with Gasteiger partial charge in [-0.3, -0.25) is 9.59 Å². The number of hydrogen-bond acceptors (Lipinski definition) is 20. The van der Waals surface area contributed by atoms with Gasteiger partial charge in [0.05, 0.1) is 48.8 Å². The minimum atomic E-state index is -1.83. The quantitative estimate of drug-likeness (QED) is 0.0477. The Labute approximate surface area is 352 Å². The Morgan fingerprint density at radius 3 is 1.84 bits per heavy atom. The number of carboxylic acids is 1. The molecule has 348 valence electrons. The Bertz CT molecular complexity index is 1480. The van der Waals surface area contributed by atoms with Crippen molar-refractivity contribution in [3.05, 3.63) is 12.2 Å². The Morgan fingerprint density at radius 1 is 0.623 bits per heavy atom. The number of aliphatic hydroxyl groups excluding tert-OH is 9. The number of fused-ring (bicyclic) bond motifs is 1. The Morgan fingerprint density at radius 2 is 1.23 bits per heavy atom. The van der Waals surface area contributed by atoms with Gasteiger partial charge in [0.25, 0.3) is 0 Å². The maximum atomic E-state index is 12.7. The molecular formula is C40H62O21. The van der Waals surface area contributed by atoms with Crippen LogP contribution in [-0.4, -0.2) is 200 Å². The summed E-state index contributed by atoms with van der Waals surface area (Å²) in [4.78, 5) is 35.5. The van der Waals surface area contributed by atoms with Gasteiger partial charge >= 0.3 is 17.9 Å². The van der Waals surface area contributed by atoms with Crippen LogP contribution in [0.15, 0.2) is 12.2 Å². The summed E-state index contributed by atoms with van der Waals surface area (Å²) < 4.78 is 46.6. The number of aliphatic hydroxyl groups is 9. The van der Waals surface area contributed by atoms with Crippen molar-refractivity contribution < 1.29 is 103 Å². The molecule has 3 aliphatic carbocycles. The summed E-state index contributed by atoms with van der Waals surface area (Å²) >= 11 is 0. The summed E-state index contributed by atoms with van der Waals surface area (Å²) in [6.07, 6.45) is -16.0. The normalized spacial score (nSPS) is 45.8. The van der Waals surface area contributed by atoms with Crippen molar-refractivity contribution >= 4 is 17.9 Å². The van der Waals surface area contributed by atoms with Crippen molar-refractivity contribution in [3.63, 3.8) is 0 Å². The van der Waals surface area contributed by atoms with E-state index < -0.39 is 148 Å². The van der Waals surface area contributed by atoms with Crippen LogP contribution in [0.1, 0.15) is 70.6 Å². The first-order valence-electron chi connectivity index (χ1n) is 21.2. The first-order chi connectivity index (χ1) is 29.0. The molecule has 0 radical (unpaired) electrons. The third-order valence-corrected chi connectivity index (χ3v) is 13.0. The second-order valence-electron chi connectivity index (χ2n) is 17.3. The number of carboxylic acid groups (broad SMARTS) is 1. The first-order valence-corrected chi connectivity index (χ1v) is 21.2. The average molecular weight is 879 g/mol. The van der Waals surface area contributed by atoms with E-state index in [9.17, 15) is 60.3 Å². The minimum Gasteiger partial charge on any atom is -0.481 e. The van der Waals surface area contributed by atoms with Crippen molar-refractivity contribution in [3.8, 4) is 0 Å². The highest BCUT2D eigenvalue weighted by atomic mass is 16.7. The highest BCUT2D eigenvalue weighted by Gasteiger charge is 2.54. The van der Waals surface area contributed by atoms with E-state index in [2.05, 4.69) is 0 Å². The molecule has 19 unspecified atom stereocenters. The third-order valence-electron chi connectivity index (χ3n) is 13.0. The van der Waals surface area contributed by atoms with Gasteiger partial charge in [-0.2, -0.15) is 0 Å². The lowest BCUT2D eigenvalue weighted by atomic mass is 9.73. The van der Waals surface area contributed by atoms with E-state index in [-0.39, 0.29) is 37.2 Å². The number of aliphatic carboxylic acids is 1. The van der Waals surface area contributed by atoms with Crippen LogP contribution in [0, 0.1) is 17.8 Å². The van der Waals surface area contributed by atoms with Crippen LogP contribution in [0.3, 0.4) is 0 Å². The van der Waals surface area contributed by atoms with Crippen LogP contribution in [0.25, 0.3) is 0 Å². The first kappa shape index (κ1) is 48.0. The van der Waals surface area contributed by atoms with Crippen LogP contribution in [0.2, 0.25) is 0 Å². The highest BCUT2D eigenvalue weighted by molar-refractivity contribution is 5.90. The monoisotopic (exact) mass is 878 g/mol. The van der Waals surface area contributed by atoms with Gasteiger partial charge in [0.1, 0.15) is 68.5 Å². The number of esters is 2. The number of methoxy groups -OCH3 is 1. The van der Waals surface area contributed by atoms with E-state index >= 15 is 0 Å². The molecule has 0 aromatic heterocycles. The topological polar surface area (TPSA) is 327 Å². The lowest BCUT2D eigenvalue weighted by molar-refractivity contribution is -0.344. The summed E-state index contributed by atoms with van der Waals surface area (Å²) in [5.41, 5.74) is 0. The molecule has 61 heavy (non-hydrogen) atoms. The van der Waals surface area contributed by atoms with Gasteiger partial charge in [-0.1, -0.05) is 6.08 Å². The highest BCUT2D eigenvalue weighted by Crippen LogP contribution is 2.45. The zero-order valence-electron chi connectivity index (χ0n) is 33.9. The maximum absolute atomic E-state index is 12.7. The maximum Gasteiger partial charge on any atom is 0.330 e. The fourth-order valence-corrected chi connectivity index (χ4v) is 9.53. The predicted molar refractivity (Wildman–Crippen MR) is 201 cm³/mol. The van der Waals surface area contributed by atoms with Crippen LogP contribution in [-0.2, 0) is 52.3 Å². The van der Waals surface area contributed by atoms with Crippen LogP contribution < -0.4 is 0 Å². The molecular weight excluding hydrogens is 816 g/mol. The standard InChI is InChI=1S/C40H62O21/c1-54-25-10-17(2-8-22(25)43)3-9-30(46)55-15-27-32(48)35(51)37(53)40(61-27)59-26-13-21-23(57-38(26)18-4-6-19(41)7-5-18)11-20(42)12-24(21)58-39-36(52)34(50)33(49)28(60-39)16-56-31(47)14-29(44)45/h3,9,17-28,32-43,48-53H,2,4-8,10-16H2,1H3,(H,44,45). The second-order valence-corrected chi connectivity index (χ2v) is 17.3. The molecule has 0 aromatic rings. The fourth-order valence-electron chi connectivity index (χ4n) is 9.53. The van der Waals surface area contributed by atoms with Crippen molar-refractivity contribution in [2.24, 2.45) is 17.8 Å². The van der Waals surface area contributed by atoms with Gasteiger partial charge < -0.3 is 89.0 Å². The summed E-state index contributed by atoms with van der Waals surface area (Å²) in [5.74, 6) is -4.09. The summed E-state index contributed by atoms with van der Waals surface area (Å²) in [7, 11) is 1.51. The van der Waals surface area contributed by atoms with Crippen molar-refractivity contribution in [2.45, 2.75) is 181 Å². The van der Waals surface area contributed by atoms with Crippen LogP contribution in [0.4, 0.5) is 0 Å². The van der Waals surface area contributed by atoms with Gasteiger partial charge in [0, 0.05) is 25.5 Å². The van der Waals surface area contributed by atoms with E-state index in [0.29, 0.717) is 44.9 Å². The Balaban J connectivity index is 1.14. The van der Waals surface area contributed by atoms with Gasteiger partial charge in [-0.15, -0.1) is 0 Å². The molecule has 21 heteroatoms. The molecule has 10 N–H and O–H groups in total. The minimum absolute atomic E-state index is 0.00599. The Kier molecular flexibility index (Phi) is 16.9. The molecule has 6 aliphatic rings. The number of rotatable bonds is 14. The molecule has 3 heterocycles. The zero-order valence-corrected chi connectivity index (χ0v) is 33.9. The number of carbonyl (C=O) groups excluding carboxylic acids is 2. The molecule has 6 fully saturated rings. The summed E-state index contributed by atoms with van der Waals surface area (Å²) in [5, 5.41) is 105. The number of carbonyl (C=O) groups is 3. The average Bonchev–Trinajstić information content (AvgIpc) is 3.22. The smallest absolute Gasteiger partial charge is 0.330 e. The molecule has 0 spiro atoms. The van der Waals surface area contributed by atoms with Gasteiger partial charge in [0.2, 0.25) is 0 Å². The van der Waals surface area contributed by atoms with Crippen molar-refractivity contribution in [1.29, 1.82) is 0 Å². The molecule has 21 nitrogen and oxygen atoms in total. The third kappa shape index (κ3) is 12.0. The lowest BCUT2D eigenvalue weighted by Gasteiger charge is -2.52. The van der Waals surface area contributed by atoms with Crippen LogP contribution >= 0.6 is 0 Å². The molecule has 6 rings (SSSR count). The van der Waals surface area contributed by atoms with E-state index in [1.807, 2.05) is 0 Å². The molecule has 0 amide bonds. The second kappa shape index (κ2) is 21.5. The lowest BCUT2D eigenvalue weighted by Crippen LogP contribution is -2.63. The van der Waals surface area contributed by atoms with E-state index in [1.165, 1.54) is 13.2 Å². The molecule has 3 saturated heterocycles. The molecule has 0 bridgehead atoms. The largest absolute Gasteiger partial charge is 0.481 e. The summed E-state index contributed by atoms with van der Waals surface area (Å²) in [6, 6.07) is 0. The molecule has 19 atom stereocenters. The Hall–Kier alpha value is -2.45.